The molecule has 1 aromatic heterocycles. The summed E-state index contributed by atoms with van der Waals surface area (Å²) in [5.74, 6) is -0.177. The summed E-state index contributed by atoms with van der Waals surface area (Å²) in [4.78, 5) is 15.0. The van der Waals surface area contributed by atoms with Crippen LogP contribution in [0.3, 0.4) is 0 Å². The lowest BCUT2D eigenvalue weighted by Gasteiger charge is -2.26. The molecule has 0 aliphatic carbocycles. The van der Waals surface area contributed by atoms with E-state index in [0.717, 1.165) is 30.2 Å². The fourth-order valence-electron chi connectivity index (χ4n) is 3.29. The Kier molecular flexibility index (Phi) is 6.00. The summed E-state index contributed by atoms with van der Waals surface area (Å²) in [5, 5.41) is 12.9. The Bertz CT molecular complexity index is 934. The highest BCUT2D eigenvalue weighted by molar-refractivity contribution is 7.18. The van der Waals surface area contributed by atoms with Gasteiger partial charge < -0.3 is 0 Å². The van der Waals surface area contributed by atoms with Crippen molar-refractivity contribution in [2.45, 2.75) is 25.8 Å². The molecule has 4 rings (SSSR count). The molecule has 0 bridgehead atoms. The molecule has 1 aliphatic rings. The number of hydrogen-bond acceptors (Lipinski definition) is 5. The van der Waals surface area contributed by atoms with Crippen LogP contribution in [0, 0.1) is 0 Å². The summed E-state index contributed by atoms with van der Waals surface area (Å²) in [6, 6.07) is 15.2. The lowest BCUT2D eigenvalue weighted by atomic mass is 10.1. The second kappa shape index (κ2) is 8.82. The van der Waals surface area contributed by atoms with Gasteiger partial charge in [0.25, 0.3) is 5.91 Å². The zero-order chi connectivity index (χ0) is 19.3. The number of amides is 1. The van der Waals surface area contributed by atoms with E-state index in [-0.39, 0.29) is 5.91 Å². The third kappa shape index (κ3) is 4.76. The van der Waals surface area contributed by atoms with Crippen molar-refractivity contribution >= 4 is 34.0 Å². The van der Waals surface area contributed by atoms with E-state index in [1.165, 1.54) is 36.2 Å². The van der Waals surface area contributed by atoms with E-state index in [0.29, 0.717) is 15.7 Å². The van der Waals surface area contributed by atoms with Crippen molar-refractivity contribution in [3.05, 3.63) is 64.7 Å². The van der Waals surface area contributed by atoms with Gasteiger partial charge in [-0.25, -0.2) is 0 Å². The monoisotopic (exact) mass is 412 g/mol. The number of anilines is 1. The molecule has 2 heterocycles. The Morgan fingerprint density at radius 3 is 2.43 bits per heavy atom. The van der Waals surface area contributed by atoms with Crippen LogP contribution in [0.5, 0.6) is 0 Å². The quantitative estimate of drug-likeness (QED) is 0.633. The maximum Gasteiger partial charge on any atom is 0.257 e. The highest BCUT2D eigenvalue weighted by Gasteiger charge is 2.13. The number of hydrogen-bond donors (Lipinski definition) is 1. The Morgan fingerprint density at radius 2 is 1.71 bits per heavy atom. The van der Waals surface area contributed by atoms with Crippen LogP contribution in [0.2, 0.25) is 5.02 Å². The number of carbonyl (C=O) groups excluding carboxylic acids is 1. The van der Waals surface area contributed by atoms with E-state index in [9.17, 15) is 4.79 Å². The summed E-state index contributed by atoms with van der Waals surface area (Å²) < 4.78 is 0. The normalized spacial score (nSPS) is 14.8. The first-order valence-electron chi connectivity index (χ1n) is 9.39. The lowest BCUT2D eigenvalue weighted by Crippen LogP contribution is -2.29. The fourth-order valence-corrected chi connectivity index (χ4v) is 4.16. The van der Waals surface area contributed by atoms with E-state index in [4.69, 9.17) is 11.6 Å². The summed E-state index contributed by atoms with van der Waals surface area (Å²) >= 11 is 7.25. The van der Waals surface area contributed by atoms with E-state index in [1.807, 2.05) is 48.5 Å². The maximum atomic E-state index is 12.5. The van der Waals surface area contributed by atoms with Crippen molar-refractivity contribution in [2.24, 2.45) is 0 Å². The van der Waals surface area contributed by atoms with E-state index in [2.05, 4.69) is 20.4 Å². The first-order chi connectivity index (χ1) is 13.7. The minimum absolute atomic E-state index is 0.177. The molecule has 1 N–H and O–H groups in total. The number of rotatable bonds is 5. The van der Waals surface area contributed by atoms with Crippen molar-refractivity contribution in [3.63, 3.8) is 0 Å². The lowest BCUT2D eigenvalue weighted by molar-refractivity contribution is 0.102. The molecule has 7 heteroatoms. The van der Waals surface area contributed by atoms with E-state index in [1.54, 1.807) is 0 Å². The maximum absolute atomic E-state index is 12.5. The summed E-state index contributed by atoms with van der Waals surface area (Å²) in [6.45, 7) is 3.27. The molecule has 28 heavy (non-hydrogen) atoms. The van der Waals surface area contributed by atoms with Crippen LogP contribution in [0.4, 0.5) is 5.13 Å². The number of aromatic nitrogens is 2. The summed E-state index contributed by atoms with van der Waals surface area (Å²) in [5.41, 5.74) is 2.77. The molecule has 3 aromatic rings. The topological polar surface area (TPSA) is 58.1 Å². The molecule has 1 fully saturated rings. The van der Waals surface area contributed by atoms with E-state index >= 15 is 0 Å². The van der Waals surface area contributed by atoms with Crippen LogP contribution in [-0.4, -0.2) is 34.1 Å². The number of halogens is 1. The Hall–Kier alpha value is -2.28. The highest BCUT2D eigenvalue weighted by Crippen LogP contribution is 2.27. The number of piperidine rings is 1. The van der Waals surface area contributed by atoms with Gasteiger partial charge in [0.2, 0.25) is 5.13 Å². The van der Waals surface area contributed by atoms with Crippen molar-refractivity contribution in [2.75, 3.05) is 18.4 Å². The van der Waals surface area contributed by atoms with E-state index < -0.39 is 0 Å². The number of benzene rings is 2. The SMILES string of the molecule is O=C(Nc1nnc(-c2ccc(Cl)cc2)s1)c1ccc(CN2CCCCC2)cc1. The van der Waals surface area contributed by atoms with Gasteiger partial charge in [0.05, 0.1) is 0 Å². The molecule has 1 amide bonds. The Balaban J connectivity index is 1.37. The second-order valence-corrected chi connectivity index (χ2v) is 8.32. The molecule has 2 aromatic carbocycles. The van der Waals surface area contributed by atoms with Gasteiger partial charge in [0, 0.05) is 22.7 Å². The Morgan fingerprint density at radius 1 is 1.00 bits per heavy atom. The van der Waals surface area contributed by atoms with Crippen LogP contribution in [0.25, 0.3) is 10.6 Å². The molecule has 1 aliphatic heterocycles. The van der Waals surface area contributed by atoms with Crippen molar-refractivity contribution in [3.8, 4) is 10.6 Å². The molecule has 144 valence electrons. The molecular formula is C21H21ClN4OS. The van der Waals surface area contributed by atoms with Gasteiger partial charge in [-0.05, 0) is 55.8 Å². The number of nitrogens with zero attached hydrogens (tertiary/aromatic N) is 3. The number of nitrogens with one attached hydrogen (secondary N) is 1. The molecule has 5 nitrogen and oxygen atoms in total. The van der Waals surface area contributed by atoms with Crippen molar-refractivity contribution in [1.29, 1.82) is 0 Å². The molecular weight excluding hydrogens is 392 g/mol. The molecule has 0 unspecified atom stereocenters. The van der Waals surface area contributed by atoms with Crippen molar-refractivity contribution < 1.29 is 4.79 Å². The summed E-state index contributed by atoms with van der Waals surface area (Å²) in [7, 11) is 0. The van der Waals surface area contributed by atoms with Crippen LogP contribution < -0.4 is 5.32 Å². The van der Waals surface area contributed by atoms with Crippen LogP contribution in [0.15, 0.2) is 48.5 Å². The highest BCUT2D eigenvalue weighted by atomic mass is 35.5. The van der Waals surface area contributed by atoms with Crippen LogP contribution in [-0.2, 0) is 6.54 Å². The zero-order valence-corrected chi connectivity index (χ0v) is 17.0. The van der Waals surface area contributed by atoms with Gasteiger partial charge in [-0.2, -0.15) is 0 Å². The first-order valence-corrected chi connectivity index (χ1v) is 10.6. The zero-order valence-electron chi connectivity index (χ0n) is 15.4. The number of carbonyl (C=O) groups is 1. The largest absolute Gasteiger partial charge is 0.299 e. The van der Waals surface area contributed by atoms with Gasteiger partial charge in [-0.15, -0.1) is 10.2 Å². The molecule has 0 radical (unpaired) electrons. The third-order valence-electron chi connectivity index (χ3n) is 4.81. The minimum atomic E-state index is -0.177. The Labute approximate surface area is 173 Å². The van der Waals surface area contributed by atoms with Gasteiger partial charge in [0.1, 0.15) is 5.01 Å². The molecule has 0 atom stereocenters. The predicted octanol–water partition coefficient (Wildman–Crippen LogP) is 5.10. The second-order valence-electron chi connectivity index (χ2n) is 6.91. The van der Waals surface area contributed by atoms with Crippen molar-refractivity contribution in [1.82, 2.24) is 15.1 Å². The minimum Gasteiger partial charge on any atom is -0.299 e. The molecule has 0 saturated carbocycles. The third-order valence-corrected chi connectivity index (χ3v) is 5.95. The first kappa shape index (κ1) is 19.1. The molecule has 1 saturated heterocycles. The van der Waals surface area contributed by atoms with Gasteiger partial charge in [0.15, 0.2) is 0 Å². The summed E-state index contributed by atoms with van der Waals surface area (Å²) in [6.07, 6.45) is 3.89. The fraction of sp³-hybridized carbons (Fsp3) is 0.286. The van der Waals surface area contributed by atoms with Crippen LogP contribution >= 0.6 is 22.9 Å². The average molecular weight is 413 g/mol. The standard InChI is InChI=1S/C21H21ClN4OS/c22-18-10-8-17(9-11-18)20-24-25-21(28-20)23-19(27)16-6-4-15(5-7-16)14-26-12-2-1-3-13-26/h4-11H,1-3,12-14H2,(H,23,25,27). The van der Waals surface area contributed by atoms with Gasteiger partial charge in [-0.3, -0.25) is 15.0 Å². The molecule has 0 spiro atoms. The number of likely N-dealkylation sites (tertiary alicyclic amines) is 1. The van der Waals surface area contributed by atoms with Crippen LogP contribution in [0.1, 0.15) is 35.2 Å². The van der Waals surface area contributed by atoms with Gasteiger partial charge in [-0.1, -0.05) is 53.6 Å². The van der Waals surface area contributed by atoms with Gasteiger partial charge >= 0.3 is 0 Å². The smallest absolute Gasteiger partial charge is 0.257 e. The predicted molar refractivity (Wildman–Crippen MR) is 114 cm³/mol. The average Bonchev–Trinajstić information content (AvgIpc) is 3.18.